The number of anilines is 1. The van der Waals surface area contributed by atoms with E-state index in [0.717, 1.165) is 24.1 Å². The van der Waals surface area contributed by atoms with Crippen molar-refractivity contribution in [2.45, 2.75) is 38.3 Å². The lowest BCUT2D eigenvalue weighted by Gasteiger charge is -2.43. The fourth-order valence-electron chi connectivity index (χ4n) is 5.55. The fourth-order valence-corrected chi connectivity index (χ4v) is 10.2. The van der Waals surface area contributed by atoms with E-state index in [1.807, 2.05) is 30.3 Å². The van der Waals surface area contributed by atoms with Crippen molar-refractivity contribution >= 4 is 36.9 Å². The lowest BCUT2D eigenvalue weighted by molar-refractivity contribution is -0.107. The van der Waals surface area contributed by atoms with Gasteiger partial charge in [0.1, 0.15) is 0 Å². The molecule has 0 saturated heterocycles. The number of amides is 1. The molecular formula is C32H37NO2Si. The SMILES string of the molecule is C=Cc1ccccc1N(C=O)C(C=C)[C@@H]1C[C@H]1CO[Si](c1ccccc1)(c1ccccc1)C(C)(C)C. The third kappa shape index (κ3) is 4.88. The number of hydrogen-bond acceptors (Lipinski definition) is 2. The number of hydrogen-bond donors (Lipinski definition) is 0. The summed E-state index contributed by atoms with van der Waals surface area (Å²) >= 11 is 0. The lowest BCUT2D eigenvalue weighted by Crippen LogP contribution is -2.66. The van der Waals surface area contributed by atoms with Gasteiger partial charge >= 0.3 is 0 Å². The van der Waals surface area contributed by atoms with Crippen molar-refractivity contribution in [2.75, 3.05) is 11.5 Å². The Morgan fingerprint density at radius 2 is 1.50 bits per heavy atom. The summed E-state index contributed by atoms with van der Waals surface area (Å²) in [4.78, 5) is 14.1. The molecule has 0 radical (unpaired) electrons. The first-order valence-electron chi connectivity index (χ1n) is 12.7. The third-order valence-electron chi connectivity index (χ3n) is 7.46. The topological polar surface area (TPSA) is 29.5 Å². The Balaban J connectivity index is 1.61. The van der Waals surface area contributed by atoms with Crippen molar-refractivity contribution in [3.63, 3.8) is 0 Å². The summed E-state index contributed by atoms with van der Waals surface area (Å²) in [6, 6.07) is 29.3. The number of carbonyl (C=O) groups is 1. The molecule has 0 bridgehead atoms. The number of nitrogens with zero attached hydrogens (tertiary/aromatic N) is 1. The zero-order valence-electron chi connectivity index (χ0n) is 21.6. The highest BCUT2D eigenvalue weighted by Gasteiger charge is 2.52. The van der Waals surface area contributed by atoms with Crippen molar-refractivity contribution in [1.29, 1.82) is 0 Å². The Morgan fingerprint density at radius 3 is 2.00 bits per heavy atom. The predicted molar refractivity (Wildman–Crippen MR) is 154 cm³/mol. The molecule has 1 saturated carbocycles. The molecule has 4 rings (SSSR count). The summed E-state index contributed by atoms with van der Waals surface area (Å²) in [5.41, 5.74) is 1.81. The monoisotopic (exact) mass is 495 g/mol. The molecule has 36 heavy (non-hydrogen) atoms. The molecule has 0 spiro atoms. The Bertz CT molecular complexity index is 1150. The molecule has 3 atom stereocenters. The van der Waals surface area contributed by atoms with Crippen LogP contribution in [0.4, 0.5) is 5.69 Å². The van der Waals surface area contributed by atoms with Gasteiger partial charge in [0.15, 0.2) is 0 Å². The van der Waals surface area contributed by atoms with Gasteiger partial charge in [-0.1, -0.05) is 118 Å². The summed E-state index contributed by atoms with van der Waals surface area (Å²) in [6.07, 6.45) is 5.63. The van der Waals surface area contributed by atoms with Crippen LogP contribution in [-0.4, -0.2) is 27.4 Å². The van der Waals surface area contributed by atoms with Crippen LogP contribution >= 0.6 is 0 Å². The fraction of sp³-hybridized carbons (Fsp3) is 0.281. The molecule has 3 aromatic rings. The molecule has 1 aliphatic carbocycles. The van der Waals surface area contributed by atoms with Crippen LogP contribution in [0.15, 0.2) is 104 Å². The van der Waals surface area contributed by atoms with Gasteiger partial charge < -0.3 is 9.33 Å². The van der Waals surface area contributed by atoms with Crippen LogP contribution in [0.3, 0.4) is 0 Å². The van der Waals surface area contributed by atoms with Crippen LogP contribution in [0.5, 0.6) is 0 Å². The van der Waals surface area contributed by atoms with E-state index >= 15 is 0 Å². The van der Waals surface area contributed by atoms with Gasteiger partial charge in [-0.15, -0.1) is 6.58 Å². The maximum Gasteiger partial charge on any atom is 0.261 e. The van der Waals surface area contributed by atoms with Gasteiger partial charge in [0.05, 0.1) is 11.7 Å². The molecule has 0 N–H and O–H groups in total. The van der Waals surface area contributed by atoms with Gasteiger partial charge in [-0.25, -0.2) is 0 Å². The summed E-state index contributed by atoms with van der Waals surface area (Å²) < 4.78 is 7.16. The van der Waals surface area contributed by atoms with E-state index in [-0.39, 0.29) is 11.1 Å². The molecule has 3 nitrogen and oxygen atoms in total. The second-order valence-corrected chi connectivity index (χ2v) is 14.9. The molecule has 3 aromatic carbocycles. The van der Waals surface area contributed by atoms with E-state index in [4.69, 9.17) is 4.43 Å². The lowest BCUT2D eigenvalue weighted by atomic mass is 10.1. The molecule has 1 fully saturated rings. The van der Waals surface area contributed by atoms with E-state index < -0.39 is 8.32 Å². The van der Waals surface area contributed by atoms with Crippen LogP contribution in [0.1, 0.15) is 32.8 Å². The highest BCUT2D eigenvalue weighted by molar-refractivity contribution is 6.99. The van der Waals surface area contributed by atoms with Crippen LogP contribution in [0.25, 0.3) is 6.08 Å². The maximum atomic E-state index is 12.3. The second-order valence-electron chi connectivity index (χ2n) is 10.6. The van der Waals surface area contributed by atoms with E-state index in [9.17, 15) is 4.79 Å². The smallest absolute Gasteiger partial charge is 0.261 e. The van der Waals surface area contributed by atoms with Crippen molar-refractivity contribution in [2.24, 2.45) is 11.8 Å². The largest absolute Gasteiger partial charge is 0.407 e. The number of rotatable bonds is 11. The van der Waals surface area contributed by atoms with Crippen LogP contribution in [0, 0.1) is 11.8 Å². The first-order valence-corrected chi connectivity index (χ1v) is 14.6. The molecule has 1 amide bonds. The molecule has 0 aliphatic heterocycles. The maximum absolute atomic E-state index is 12.3. The summed E-state index contributed by atoms with van der Waals surface area (Å²) in [5, 5.41) is 2.52. The number of para-hydroxylation sites is 1. The Labute approximate surface area is 217 Å². The highest BCUT2D eigenvalue weighted by Crippen LogP contribution is 2.46. The van der Waals surface area contributed by atoms with Gasteiger partial charge in [-0.05, 0) is 45.3 Å². The third-order valence-corrected chi connectivity index (χ3v) is 12.5. The first kappa shape index (κ1) is 25.9. The highest BCUT2D eigenvalue weighted by atomic mass is 28.4. The summed E-state index contributed by atoms with van der Waals surface area (Å²) in [5.74, 6) is 0.678. The van der Waals surface area contributed by atoms with Crippen molar-refractivity contribution in [3.05, 3.63) is 110 Å². The average molecular weight is 496 g/mol. The van der Waals surface area contributed by atoms with Gasteiger partial charge in [0, 0.05) is 6.61 Å². The Morgan fingerprint density at radius 1 is 0.944 bits per heavy atom. The number of carbonyl (C=O) groups excluding carboxylic acids is 1. The molecule has 186 valence electrons. The van der Waals surface area contributed by atoms with E-state index in [1.54, 1.807) is 11.0 Å². The average Bonchev–Trinajstić information content (AvgIpc) is 3.67. The van der Waals surface area contributed by atoms with E-state index in [1.165, 1.54) is 10.4 Å². The first-order chi connectivity index (χ1) is 17.4. The van der Waals surface area contributed by atoms with Crippen molar-refractivity contribution in [3.8, 4) is 0 Å². The predicted octanol–water partition coefficient (Wildman–Crippen LogP) is 6.06. The second kappa shape index (κ2) is 10.8. The molecule has 0 aromatic heterocycles. The Kier molecular flexibility index (Phi) is 7.77. The Hall–Kier alpha value is -3.21. The zero-order valence-corrected chi connectivity index (χ0v) is 22.6. The van der Waals surface area contributed by atoms with E-state index in [2.05, 4.69) is 94.6 Å². The molecule has 0 heterocycles. The number of benzene rings is 3. The molecular weight excluding hydrogens is 458 g/mol. The molecule has 4 heteroatoms. The summed E-state index contributed by atoms with van der Waals surface area (Å²) in [6.45, 7) is 15.6. The van der Waals surface area contributed by atoms with E-state index in [0.29, 0.717) is 18.4 Å². The van der Waals surface area contributed by atoms with Gasteiger partial charge in [0.2, 0.25) is 6.41 Å². The van der Waals surface area contributed by atoms with Gasteiger partial charge in [-0.2, -0.15) is 0 Å². The zero-order chi connectivity index (χ0) is 25.8. The van der Waals surface area contributed by atoms with Crippen molar-refractivity contribution < 1.29 is 9.22 Å². The van der Waals surface area contributed by atoms with Gasteiger partial charge in [0.25, 0.3) is 8.32 Å². The minimum Gasteiger partial charge on any atom is -0.407 e. The quantitative estimate of drug-likeness (QED) is 0.184. The molecule has 1 aliphatic rings. The van der Waals surface area contributed by atoms with Crippen LogP contribution in [-0.2, 0) is 9.22 Å². The minimum absolute atomic E-state index is 0.0599. The summed E-state index contributed by atoms with van der Waals surface area (Å²) in [7, 11) is -2.58. The van der Waals surface area contributed by atoms with Crippen molar-refractivity contribution in [1.82, 2.24) is 0 Å². The molecule has 1 unspecified atom stereocenters. The van der Waals surface area contributed by atoms with Crippen LogP contribution in [0.2, 0.25) is 5.04 Å². The van der Waals surface area contributed by atoms with Gasteiger partial charge in [-0.3, -0.25) is 4.79 Å². The minimum atomic E-state index is -2.58. The normalized spacial score (nSPS) is 18.2. The standard InChI is InChI=1S/C32H37NO2Si/c1-6-25-16-14-15-21-31(25)33(24-34)30(7-2)29-22-26(29)23-35-36(32(3,4)5,27-17-10-8-11-18-27)28-19-12-9-13-20-28/h6-21,24,26,29-30H,1-2,22-23H2,3-5H3/t26-,29+,30?/m0/s1. The van der Waals surface area contributed by atoms with Crippen LogP contribution < -0.4 is 15.3 Å².